The minimum absolute atomic E-state index is 0.119. The average molecular weight is 449 g/mol. The SMILES string of the molecule is O=C(O)C(=O)O.c1ccc(CCN2CCC3(CC2)Oc2ccccc2C3n2cccc2)cc1. The number of aliphatic carboxylic acids is 2. The number of rotatable bonds is 4. The van der Waals surface area contributed by atoms with E-state index in [4.69, 9.17) is 24.5 Å². The highest BCUT2D eigenvalue weighted by Gasteiger charge is 2.50. The molecule has 172 valence electrons. The van der Waals surface area contributed by atoms with Gasteiger partial charge in [-0.2, -0.15) is 0 Å². The summed E-state index contributed by atoms with van der Waals surface area (Å²) in [5.74, 6) is -2.58. The topological polar surface area (TPSA) is 92.0 Å². The molecule has 2 aliphatic rings. The molecule has 33 heavy (non-hydrogen) atoms. The van der Waals surface area contributed by atoms with Crippen molar-refractivity contribution in [3.05, 3.63) is 90.3 Å². The lowest BCUT2D eigenvalue weighted by Crippen LogP contribution is -2.51. The third-order valence-electron chi connectivity index (χ3n) is 6.40. The summed E-state index contributed by atoms with van der Waals surface area (Å²) in [7, 11) is 0. The molecule has 3 heterocycles. The second-order valence-corrected chi connectivity index (χ2v) is 8.42. The predicted molar refractivity (Wildman–Crippen MR) is 123 cm³/mol. The molecule has 1 unspecified atom stereocenters. The van der Waals surface area contributed by atoms with Gasteiger partial charge in [0.2, 0.25) is 0 Å². The number of hydrogen-bond acceptors (Lipinski definition) is 4. The second kappa shape index (κ2) is 9.92. The first-order valence-electron chi connectivity index (χ1n) is 11.1. The molecule has 0 amide bonds. The number of piperidine rings is 1. The zero-order chi connectivity index (χ0) is 23.3. The van der Waals surface area contributed by atoms with Crippen LogP contribution in [-0.4, -0.2) is 56.9 Å². The van der Waals surface area contributed by atoms with Crippen LogP contribution in [-0.2, 0) is 16.0 Å². The van der Waals surface area contributed by atoms with Crippen molar-refractivity contribution in [2.24, 2.45) is 0 Å². The van der Waals surface area contributed by atoms with E-state index in [0.29, 0.717) is 0 Å². The number of nitrogens with zero attached hydrogens (tertiary/aromatic N) is 2. The molecule has 7 nitrogen and oxygen atoms in total. The molecule has 3 aromatic rings. The molecular formula is C26H28N2O5. The maximum absolute atomic E-state index is 9.10. The van der Waals surface area contributed by atoms with E-state index < -0.39 is 11.9 Å². The first kappa shape index (κ1) is 22.6. The summed E-state index contributed by atoms with van der Waals surface area (Å²) in [6, 6.07) is 23.9. The second-order valence-electron chi connectivity index (χ2n) is 8.42. The summed E-state index contributed by atoms with van der Waals surface area (Å²) in [5.41, 5.74) is 2.63. The van der Waals surface area contributed by atoms with Crippen LogP contribution in [0.15, 0.2) is 79.1 Å². The highest BCUT2D eigenvalue weighted by Crippen LogP contribution is 2.50. The van der Waals surface area contributed by atoms with Gasteiger partial charge in [-0.15, -0.1) is 0 Å². The van der Waals surface area contributed by atoms with Gasteiger partial charge < -0.3 is 24.4 Å². The summed E-state index contributed by atoms with van der Waals surface area (Å²) in [6.45, 7) is 3.32. The van der Waals surface area contributed by atoms with Gasteiger partial charge in [-0.05, 0) is 30.2 Å². The van der Waals surface area contributed by atoms with Crippen LogP contribution >= 0.6 is 0 Å². The van der Waals surface area contributed by atoms with Gasteiger partial charge >= 0.3 is 11.9 Å². The fourth-order valence-corrected chi connectivity index (χ4v) is 4.77. The molecule has 1 fully saturated rings. The van der Waals surface area contributed by atoms with Crippen LogP contribution in [0.5, 0.6) is 5.75 Å². The number of likely N-dealkylation sites (tertiary alicyclic amines) is 1. The van der Waals surface area contributed by atoms with Crippen LogP contribution in [0.1, 0.15) is 30.0 Å². The van der Waals surface area contributed by atoms with Gasteiger partial charge in [0.25, 0.3) is 0 Å². The summed E-state index contributed by atoms with van der Waals surface area (Å²) in [5, 5.41) is 14.8. The van der Waals surface area contributed by atoms with Crippen molar-refractivity contribution >= 4 is 11.9 Å². The van der Waals surface area contributed by atoms with E-state index in [1.807, 2.05) is 0 Å². The van der Waals surface area contributed by atoms with Crippen molar-refractivity contribution in [2.75, 3.05) is 19.6 Å². The van der Waals surface area contributed by atoms with Crippen molar-refractivity contribution in [3.63, 3.8) is 0 Å². The summed E-state index contributed by atoms with van der Waals surface area (Å²) < 4.78 is 8.97. The molecule has 0 radical (unpaired) electrons. The highest BCUT2D eigenvalue weighted by atomic mass is 16.5. The summed E-state index contributed by atoms with van der Waals surface area (Å²) in [6.07, 6.45) is 7.62. The van der Waals surface area contributed by atoms with E-state index in [9.17, 15) is 0 Å². The van der Waals surface area contributed by atoms with Crippen molar-refractivity contribution in [3.8, 4) is 5.75 Å². The molecule has 1 saturated heterocycles. The largest absolute Gasteiger partial charge is 0.484 e. The van der Waals surface area contributed by atoms with Crippen molar-refractivity contribution in [1.82, 2.24) is 9.47 Å². The van der Waals surface area contributed by atoms with E-state index in [2.05, 4.69) is 88.6 Å². The Kier molecular flexibility index (Phi) is 6.79. The monoisotopic (exact) mass is 448 g/mol. The van der Waals surface area contributed by atoms with Gasteiger partial charge in [-0.25, -0.2) is 9.59 Å². The summed E-state index contributed by atoms with van der Waals surface area (Å²) >= 11 is 0. The van der Waals surface area contributed by atoms with Crippen LogP contribution in [0.4, 0.5) is 0 Å². The van der Waals surface area contributed by atoms with Gasteiger partial charge in [-0.1, -0.05) is 48.5 Å². The number of carboxylic acids is 2. The zero-order valence-corrected chi connectivity index (χ0v) is 18.3. The van der Waals surface area contributed by atoms with E-state index in [1.165, 1.54) is 11.1 Å². The Hall–Kier alpha value is -3.58. The highest BCUT2D eigenvalue weighted by molar-refractivity contribution is 6.27. The number of hydrogen-bond donors (Lipinski definition) is 2. The molecule has 2 aliphatic heterocycles. The van der Waals surface area contributed by atoms with Crippen molar-refractivity contribution in [2.45, 2.75) is 30.9 Å². The van der Waals surface area contributed by atoms with Crippen LogP contribution < -0.4 is 4.74 Å². The standard InChI is InChI=1S/C24H26N2O.C2H2O4/c1-2-8-20(9-3-1)12-17-25-18-13-24(14-19-25)23(26-15-6-7-16-26)21-10-4-5-11-22(21)27-24;3-1(4)2(5)6/h1-11,15-16,23H,12-14,17-19H2;(H,3,4)(H,5,6). The lowest BCUT2D eigenvalue weighted by atomic mass is 9.82. The number of ether oxygens (including phenoxy) is 1. The first-order valence-corrected chi connectivity index (χ1v) is 11.1. The number of benzene rings is 2. The fraction of sp³-hybridized carbons (Fsp3) is 0.308. The maximum atomic E-state index is 9.10. The Morgan fingerprint density at radius 2 is 1.48 bits per heavy atom. The van der Waals surface area contributed by atoms with Gasteiger partial charge in [-0.3, -0.25) is 0 Å². The predicted octanol–water partition coefficient (Wildman–Crippen LogP) is 3.70. The lowest BCUT2D eigenvalue weighted by molar-refractivity contribution is -0.159. The van der Waals surface area contributed by atoms with Crippen LogP contribution in [0, 0.1) is 0 Å². The normalized spacial score (nSPS) is 18.6. The van der Waals surface area contributed by atoms with E-state index >= 15 is 0 Å². The minimum atomic E-state index is -1.82. The molecule has 0 bridgehead atoms. The number of aromatic nitrogens is 1. The minimum Gasteiger partial charge on any atom is -0.484 e. The Bertz CT molecular complexity index is 1060. The number of fused-ring (bicyclic) bond motifs is 1. The fourth-order valence-electron chi connectivity index (χ4n) is 4.77. The van der Waals surface area contributed by atoms with E-state index in [0.717, 1.165) is 44.6 Å². The number of carboxylic acid groups (broad SMARTS) is 2. The van der Waals surface area contributed by atoms with Crippen molar-refractivity contribution in [1.29, 1.82) is 0 Å². The first-order chi connectivity index (χ1) is 16.0. The Labute approximate surface area is 192 Å². The lowest BCUT2D eigenvalue weighted by Gasteiger charge is -2.42. The van der Waals surface area contributed by atoms with Crippen LogP contribution in [0.2, 0.25) is 0 Å². The van der Waals surface area contributed by atoms with Crippen LogP contribution in [0.3, 0.4) is 0 Å². The molecule has 5 rings (SSSR count). The zero-order valence-electron chi connectivity index (χ0n) is 18.3. The number of carbonyl (C=O) groups is 2. The molecule has 2 N–H and O–H groups in total. The Balaban J connectivity index is 0.000000385. The van der Waals surface area contributed by atoms with Crippen molar-refractivity contribution < 1.29 is 24.5 Å². The molecule has 1 aromatic heterocycles. The van der Waals surface area contributed by atoms with Gasteiger partial charge in [0, 0.05) is 50.4 Å². The summed E-state index contributed by atoms with van der Waals surface area (Å²) in [4.78, 5) is 20.8. The molecule has 1 spiro atoms. The van der Waals surface area contributed by atoms with Gasteiger partial charge in [0.1, 0.15) is 17.4 Å². The maximum Gasteiger partial charge on any atom is 0.414 e. The van der Waals surface area contributed by atoms with E-state index in [-0.39, 0.29) is 11.6 Å². The van der Waals surface area contributed by atoms with E-state index in [1.54, 1.807) is 0 Å². The molecule has 1 atom stereocenters. The van der Waals surface area contributed by atoms with Gasteiger partial charge in [0.05, 0.1) is 0 Å². The number of para-hydroxylation sites is 1. The quantitative estimate of drug-likeness (QED) is 0.592. The van der Waals surface area contributed by atoms with Crippen LogP contribution in [0.25, 0.3) is 0 Å². The van der Waals surface area contributed by atoms with Gasteiger partial charge in [0.15, 0.2) is 0 Å². The molecule has 0 aliphatic carbocycles. The molecular weight excluding hydrogens is 420 g/mol. The molecule has 7 heteroatoms. The Morgan fingerprint density at radius 1 is 0.879 bits per heavy atom. The Morgan fingerprint density at radius 3 is 2.12 bits per heavy atom. The third kappa shape index (κ3) is 5.09. The third-order valence-corrected chi connectivity index (χ3v) is 6.40. The molecule has 0 saturated carbocycles. The molecule has 2 aromatic carbocycles. The average Bonchev–Trinajstić information content (AvgIpc) is 3.45. The smallest absolute Gasteiger partial charge is 0.414 e.